The van der Waals surface area contributed by atoms with Gasteiger partial charge in [-0.25, -0.2) is 15.0 Å². The lowest BCUT2D eigenvalue weighted by molar-refractivity contribution is 1.06. The monoisotopic (exact) mass is 509 g/mol. The topological polar surface area (TPSA) is 38.7 Å². The minimum atomic E-state index is 0.677. The Morgan fingerprint density at radius 3 is 1.50 bits per heavy atom. The predicted molar refractivity (Wildman–Crippen MR) is 165 cm³/mol. The van der Waals surface area contributed by atoms with Crippen molar-refractivity contribution in [1.29, 1.82) is 0 Å². The molecule has 0 bridgehead atoms. The van der Waals surface area contributed by atoms with Gasteiger partial charge in [-0.05, 0) is 71.8 Å². The smallest absolute Gasteiger partial charge is 0.162 e. The molecule has 0 spiro atoms. The SMILES string of the molecule is c1ccc(-c2ccc(-c3cc(-c4ccc(-c5ncncn5)cc4)c4ccc5cccc6ccc3c4c65)cc2)cc1. The van der Waals surface area contributed by atoms with Crippen LogP contribution >= 0.6 is 0 Å². The van der Waals surface area contributed by atoms with Gasteiger partial charge in [-0.3, -0.25) is 0 Å². The van der Waals surface area contributed by atoms with Crippen LogP contribution < -0.4 is 0 Å². The molecule has 0 fully saturated rings. The molecule has 0 atom stereocenters. The number of rotatable bonds is 4. The van der Waals surface area contributed by atoms with Crippen LogP contribution in [0.4, 0.5) is 0 Å². The molecule has 0 unspecified atom stereocenters. The maximum atomic E-state index is 4.32. The van der Waals surface area contributed by atoms with Gasteiger partial charge in [0.1, 0.15) is 12.7 Å². The van der Waals surface area contributed by atoms with E-state index < -0.39 is 0 Å². The molecule has 0 radical (unpaired) electrons. The van der Waals surface area contributed by atoms with Crippen LogP contribution in [-0.4, -0.2) is 15.0 Å². The van der Waals surface area contributed by atoms with E-state index >= 15 is 0 Å². The van der Waals surface area contributed by atoms with Crippen LogP contribution in [0, 0.1) is 0 Å². The molecule has 0 amide bonds. The first-order chi connectivity index (χ1) is 19.8. The first kappa shape index (κ1) is 22.6. The zero-order valence-electron chi connectivity index (χ0n) is 21.6. The van der Waals surface area contributed by atoms with Crippen LogP contribution in [0.25, 0.3) is 77.1 Å². The maximum absolute atomic E-state index is 4.32. The Hall–Kier alpha value is -5.41. The van der Waals surface area contributed by atoms with E-state index in [0.29, 0.717) is 5.82 Å². The first-order valence-corrected chi connectivity index (χ1v) is 13.4. The van der Waals surface area contributed by atoms with Crippen molar-refractivity contribution in [3.63, 3.8) is 0 Å². The highest BCUT2D eigenvalue weighted by molar-refractivity contribution is 6.28. The Morgan fingerprint density at radius 2 is 0.900 bits per heavy atom. The average molecular weight is 510 g/mol. The van der Waals surface area contributed by atoms with Crippen molar-refractivity contribution < 1.29 is 0 Å². The molecule has 0 aliphatic heterocycles. The van der Waals surface area contributed by atoms with E-state index in [-0.39, 0.29) is 0 Å². The van der Waals surface area contributed by atoms with E-state index in [1.54, 1.807) is 0 Å². The standard InChI is InChI=1S/C37H23N3/c1-2-5-24(6-3-1)25-9-11-26(12-10-25)33-21-34(27-13-15-30(16-14-27)37-39-22-38-23-40-37)32-20-18-29-8-4-7-28-17-19-31(33)36(32)35(28)29/h1-23H. The van der Waals surface area contributed by atoms with Gasteiger partial charge in [-0.1, -0.05) is 121 Å². The fraction of sp³-hybridized carbons (Fsp3) is 0. The van der Waals surface area contributed by atoms with E-state index in [9.17, 15) is 0 Å². The molecule has 8 aromatic rings. The normalized spacial score (nSPS) is 11.5. The van der Waals surface area contributed by atoms with Crippen molar-refractivity contribution in [1.82, 2.24) is 15.0 Å². The number of aromatic nitrogens is 3. The Balaban J connectivity index is 1.36. The largest absolute Gasteiger partial charge is 0.225 e. The summed E-state index contributed by atoms with van der Waals surface area (Å²) in [5.41, 5.74) is 8.25. The van der Waals surface area contributed by atoms with Gasteiger partial charge in [0.2, 0.25) is 0 Å². The van der Waals surface area contributed by atoms with Crippen molar-refractivity contribution in [2.24, 2.45) is 0 Å². The van der Waals surface area contributed by atoms with Crippen molar-refractivity contribution in [2.75, 3.05) is 0 Å². The van der Waals surface area contributed by atoms with E-state index in [4.69, 9.17) is 0 Å². The zero-order valence-corrected chi connectivity index (χ0v) is 21.6. The van der Waals surface area contributed by atoms with E-state index in [2.05, 4.69) is 142 Å². The lowest BCUT2D eigenvalue weighted by atomic mass is 9.85. The lowest BCUT2D eigenvalue weighted by Crippen LogP contribution is -1.92. The molecule has 0 aliphatic rings. The van der Waals surface area contributed by atoms with Gasteiger partial charge in [-0.2, -0.15) is 0 Å². The summed E-state index contributed by atoms with van der Waals surface area (Å²) < 4.78 is 0. The van der Waals surface area contributed by atoms with E-state index in [1.807, 2.05) is 0 Å². The van der Waals surface area contributed by atoms with Crippen LogP contribution in [0.3, 0.4) is 0 Å². The molecule has 1 heterocycles. The quantitative estimate of drug-likeness (QED) is 0.222. The molecule has 1 aromatic heterocycles. The highest BCUT2D eigenvalue weighted by atomic mass is 15.0. The minimum Gasteiger partial charge on any atom is -0.225 e. The Labute approximate surface area is 231 Å². The van der Waals surface area contributed by atoms with E-state index in [1.165, 1.54) is 72.8 Å². The fourth-order valence-electron chi connectivity index (χ4n) is 5.97. The molecular formula is C37H23N3. The summed E-state index contributed by atoms with van der Waals surface area (Å²) in [6, 6.07) is 46.0. The number of nitrogens with zero attached hydrogens (tertiary/aromatic N) is 3. The zero-order chi connectivity index (χ0) is 26.5. The second-order valence-electron chi connectivity index (χ2n) is 10.1. The van der Waals surface area contributed by atoms with Crippen LogP contribution in [-0.2, 0) is 0 Å². The Morgan fingerprint density at radius 1 is 0.375 bits per heavy atom. The summed E-state index contributed by atoms with van der Waals surface area (Å²) in [6.07, 6.45) is 3.07. The predicted octanol–water partition coefficient (Wildman–Crippen LogP) is 9.44. The number of hydrogen-bond acceptors (Lipinski definition) is 3. The summed E-state index contributed by atoms with van der Waals surface area (Å²) in [5.74, 6) is 0.677. The molecule has 186 valence electrons. The van der Waals surface area contributed by atoms with Gasteiger partial charge in [0.15, 0.2) is 5.82 Å². The van der Waals surface area contributed by atoms with Crippen molar-refractivity contribution in [3.8, 4) is 44.8 Å². The van der Waals surface area contributed by atoms with Gasteiger partial charge in [0.05, 0.1) is 0 Å². The third-order valence-electron chi connectivity index (χ3n) is 7.90. The molecule has 3 heteroatoms. The minimum absolute atomic E-state index is 0.677. The molecule has 3 nitrogen and oxygen atoms in total. The maximum Gasteiger partial charge on any atom is 0.162 e. The summed E-state index contributed by atoms with van der Waals surface area (Å²) in [5, 5.41) is 7.71. The third-order valence-corrected chi connectivity index (χ3v) is 7.90. The fourth-order valence-corrected chi connectivity index (χ4v) is 5.97. The average Bonchev–Trinajstić information content (AvgIpc) is 3.04. The Kier molecular flexibility index (Phi) is 5.14. The van der Waals surface area contributed by atoms with Crippen LogP contribution in [0.5, 0.6) is 0 Å². The van der Waals surface area contributed by atoms with Gasteiger partial charge in [0.25, 0.3) is 0 Å². The van der Waals surface area contributed by atoms with Crippen molar-refractivity contribution in [3.05, 3.63) is 140 Å². The van der Waals surface area contributed by atoms with Gasteiger partial charge < -0.3 is 0 Å². The van der Waals surface area contributed by atoms with Crippen LogP contribution in [0.1, 0.15) is 0 Å². The molecular weight excluding hydrogens is 486 g/mol. The van der Waals surface area contributed by atoms with Crippen LogP contribution in [0.15, 0.2) is 140 Å². The van der Waals surface area contributed by atoms with Crippen molar-refractivity contribution in [2.45, 2.75) is 0 Å². The summed E-state index contributed by atoms with van der Waals surface area (Å²) in [6.45, 7) is 0. The summed E-state index contributed by atoms with van der Waals surface area (Å²) in [4.78, 5) is 12.6. The molecule has 8 rings (SSSR count). The molecule has 0 saturated carbocycles. The number of benzene rings is 7. The van der Waals surface area contributed by atoms with Crippen LogP contribution in [0.2, 0.25) is 0 Å². The first-order valence-electron chi connectivity index (χ1n) is 13.4. The highest BCUT2D eigenvalue weighted by Gasteiger charge is 2.17. The Bertz CT molecular complexity index is 1970. The van der Waals surface area contributed by atoms with Crippen molar-refractivity contribution >= 4 is 32.3 Å². The molecule has 40 heavy (non-hydrogen) atoms. The third kappa shape index (κ3) is 3.63. The second-order valence-corrected chi connectivity index (χ2v) is 10.1. The number of hydrogen-bond donors (Lipinski definition) is 0. The second kappa shape index (κ2) is 9.11. The summed E-state index contributed by atoms with van der Waals surface area (Å²) >= 11 is 0. The molecule has 0 saturated heterocycles. The van der Waals surface area contributed by atoms with Gasteiger partial charge in [-0.15, -0.1) is 0 Å². The molecule has 0 N–H and O–H groups in total. The molecule has 7 aromatic carbocycles. The van der Waals surface area contributed by atoms with Gasteiger partial charge in [0, 0.05) is 5.56 Å². The highest BCUT2D eigenvalue weighted by Crippen LogP contribution is 2.44. The van der Waals surface area contributed by atoms with Gasteiger partial charge >= 0.3 is 0 Å². The summed E-state index contributed by atoms with van der Waals surface area (Å²) in [7, 11) is 0. The molecule has 0 aliphatic carbocycles. The van der Waals surface area contributed by atoms with E-state index in [0.717, 1.165) is 11.1 Å². The lowest BCUT2D eigenvalue weighted by Gasteiger charge is -2.18.